The molecule has 0 aliphatic carbocycles. The number of carbonyl (C=O) groups excluding carboxylic acids is 2. The van der Waals surface area contributed by atoms with Crippen molar-refractivity contribution in [3.8, 4) is 0 Å². The first-order valence-corrected chi connectivity index (χ1v) is 4.85. The van der Waals surface area contributed by atoms with E-state index in [1.807, 2.05) is 0 Å². The van der Waals surface area contributed by atoms with Gasteiger partial charge in [-0.2, -0.15) is 0 Å². The minimum absolute atomic E-state index is 0.00319. The number of rotatable bonds is 1. The molecule has 15 heavy (non-hydrogen) atoms. The largest absolute Gasteiger partial charge is 0.466 e. The first-order valence-electron chi connectivity index (χ1n) is 4.85. The molecule has 0 radical (unpaired) electrons. The van der Waals surface area contributed by atoms with Crippen molar-refractivity contribution in [1.29, 1.82) is 0 Å². The molecule has 0 aromatic carbocycles. The van der Waals surface area contributed by atoms with Crippen LogP contribution in [0.15, 0.2) is 11.6 Å². The highest BCUT2D eigenvalue weighted by molar-refractivity contribution is 5.92. The molecule has 2 aliphatic rings. The van der Waals surface area contributed by atoms with Crippen LogP contribution in [0.1, 0.15) is 12.8 Å². The van der Waals surface area contributed by atoms with Crippen LogP contribution in [0, 0.1) is 0 Å². The van der Waals surface area contributed by atoms with Crippen LogP contribution in [0.25, 0.3) is 0 Å². The van der Waals surface area contributed by atoms with Gasteiger partial charge in [0.15, 0.2) is 0 Å². The maximum atomic E-state index is 11.4. The van der Waals surface area contributed by atoms with Crippen LogP contribution in [0.5, 0.6) is 0 Å². The number of carbonyl (C=O) groups is 2. The smallest absolute Gasteiger partial charge is 0.410 e. The van der Waals surface area contributed by atoms with Gasteiger partial charge in [-0.25, -0.2) is 9.59 Å². The van der Waals surface area contributed by atoms with Gasteiger partial charge in [0.05, 0.1) is 31.9 Å². The maximum Gasteiger partial charge on any atom is 0.410 e. The minimum atomic E-state index is -0.377. The average molecular weight is 211 g/mol. The van der Waals surface area contributed by atoms with Gasteiger partial charge < -0.3 is 9.47 Å². The van der Waals surface area contributed by atoms with Gasteiger partial charge in [-0.05, 0) is 18.9 Å². The molecule has 1 amide bonds. The molecule has 0 unspecified atom stereocenters. The van der Waals surface area contributed by atoms with Crippen molar-refractivity contribution in [3.05, 3.63) is 11.6 Å². The van der Waals surface area contributed by atoms with E-state index in [4.69, 9.17) is 0 Å². The van der Waals surface area contributed by atoms with Crippen LogP contribution in [-0.4, -0.2) is 43.3 Å². The molecule has 82 valence electrons. The second-order valence-electron chi connectivity index (χ2n) is 3.65. The lowest BCUT2D eigenvalue weighted by atomic mass is 10.00. The molecule has 0 spiro atoms. The van der Waals surface area contributed by atoms with Crippen LogP contribution in [0.4, 0.5) is 4.79 Å². The Morgan fingerprint density at radius 3 is 2.67 bits per heavy atom. The predicted molar refractivity (Wildman–Crippen MR) is 51.2 cm³/mol. The van der Waals surface area contributed by atoms with E-state index >= 15 is 0 Å². The fourth-order valence-electron chi connectivity index (χ4n) is 2.32. The predicted octanol–water partition coefficient (Wildman–Crippen LogP) is 0.699. The second kappa shape index (κ2) is 3.56. The number of hydrogen-bond donors (Lipinski definition) is 0. The van der Waals surface area contributed by atoms with Gasteiger partial charge in [-0.3, -0.25) is 4.90 Å². The molecule has 0 aromatic heterocycles. The Balaban J connectivity index is 2.19. The van der Waals surface area contributed by atoms with Gasteiger partial charge in [-0.1, -0.05) is 0 Å². The van der Waals surface area contributed by atoms with E-state index in [2.05, 4.69) is 9.47 Å². The Morgan fingerprint density at radius 1 is 1.33 bits per heavy atom. The third kappa shape index (κ3) is 1.38. The van der Waals surface area contributed by atoms with E-state index in [0.717, 1.165) is 12.8 Å². The lowest BCUT2D eigenvalue weighted by molar-refractivity contribution is -0.136. The van der Waals surface area contributed by atoms with Gasteiger partial charge in [0.25, 0.3) is 0 Å². The molecule has 0 N–H and O–H groups in total. The Labute approximate surface area is 87.6 Å². The number of ether oxygens (including phenoxy) is 2. The summed E-state index contributed by atoms with van der Waals surface area (Å²) in [6, 6.07) is -0.161. The molecule has 2 rings (SSSR count). The Hall–Kier alpha value is -1.52. The molecular weight excluding hydrogens is 198 g/mol. The highest BCUT2D eigenvalue weighted by atomic mass is 16.5. The highest BCUT2D eigenvalue weighted by Crippen LogP contribution is 2.37. The Kier molecular flexibility index (Phi) is 2.38. The van der Waals surface area contributed by atoms with E-state index in [1.165, 1.54) is 14.2 Å². The number of methoxy groups -OCH3 is 2. The summed E-state index contributed by atoms with van der Waals surface area (Å²) in [5.74, 6) is -0.351. The van der Waals surface area contributed by atoms with Crippen molar-refractivity contribution in [2.24, 2.45) is 0 Å². The molecule has 1 fully saturated rings. The SMILES string of the molecule is COC(=O)C1=C[C@@H]2CC[C@H]1N2C(=O)OC. The van der Waals surface area contributed by atoms with Crippen LogP contribution in [0.2, 0.25) is 0 Å². The molecule has 2 aliphatic heterocycles. The second-order valence-corrected chi connectivity index (χ2v) is 3.65. The number of fused-ring (bicyclic) bond motifs is 2. The lowest BCUT2D eigenvalue weighted by Crippen LogP contribution is -2.37. The summed E-state index contributed by atoms with van der Waals surface area (Å²) in [5.41, 5.74) is 0.583. The fourth-order valence-corrected chi connectivity index (χ4v) is 2.32. The molecule has 2 bridgehead atoms. The summed E-state index contributed by atoms with van der Waals surface area (Å²) >= 11 is 0. The first kappa shape index (κ1) is 10.0. The summed E-state index contributed by atoms with van der Waals surface area (Å²) in [4.78, 5) is 24.4. The van der Waals surface area contributed by atoms with Crippen LogP contribution >= 0.6 is 0 Å². The van der Waals surface area contributed by atoms with E-state index in [-0.39, 0.29) is 24.1 Å². The zero-order chi connectivity index (χ0) is 11.0. The number of esters is 1. The van der Waals surface area contributed by atoms with E-state index < -0.39 is 0 Å². The molecule has 0 aromatic rings. The number of nitrogens with zero attached hydrogens (tertiary/aromatic N) is 1. The summed E-state index contributed by atoms with van der Waals surface area (Å²) in [5, 5.41) is 0. The maximum absolute atomic E-state index is 11.4. The highest BCUT2D eigenvalue weighted by Gasteiger charge is 2.46. The first-order chi connectivity index (χ1) is 7.19. The summed E-state index contributed by atoms with van der Waals surface area (Å²) < 4.78 is 9.34. The monoisotopic (exact) mass is 211 g/mol. The molecule has 1 saturated heterocycles. The van der Waals surface area contributed by atoms with Gasteiger partial charge >= 0.3 is 12.1 Å². The topological polar surface area (TPSA) is 55.8 Å². The lowest BCUT2D eigenvalue weighted by Gasteiger charge is -2.21. The Bertz CT molecular complexity index is 336. The van der Waals surface area contributed by atoms with Crippen molar-refractivity contribution in [1.82, 2.24) is 4.90 Å². The third-order valence-electron chi connectivity index (χ3n) is 2.97. The van der Waals surface area contributed by atoms with Gasteiger partial charge in [0.1, 0.15) is 0 Å². The van der Waals surface area contributed by atoms with Crippen molar-refractivity contribution in [2.75, 3.05) is 14.2 Å². The molecular formula is C10H13NO4. The van der Waals surface area contributed by atoms with Crippen LogP contribution < -0.4 is 0 Å². The normalized spacial score (nSPS) is 27.6. The van der Waals surface area contributed by atoms with Gasteiger partial charge in [-0.15, -0.1) is 0 Å². The van der Waals surface area contributed by atoms with Gasteiger partial charge in [0, 0.05) is 0 Å². The Morgan fingerprint density at radius 2 is 2.07 bits per heavy atom. The number of hydrogen-bond acceptors (Lipinski definition) is 4. The number of amides is 1. The summed E-state index contributed by atoms with van der Waals surface area (Å²) in [6.07, 6.45) is 3.12. The summed E-state index contributed by atoms with van der Waals surface area (Å²) in [7, 11) is 2.69. The van der Waals surface area contributed by atoms with Crippen molar-refractivity contribution >= 4 is 12.1 Å². The zero-order valence-electron chi connectivity index (χ0n) is 8.73. The molecule has 5 nitrogen and oxygen atoms in total. The molecule has 2 atom stereocenters. The average Bonchev–Trinajstić information content (AvgIpc) is 2.83. The van der Waals surface area contributed by atoms with Crippen molar-refractivity contribution in [2.45, 2.75) is 24.9 Å². The van der Waals surface area contributed by atoms with E-state index in [1.54, 1.807) is 11.0 Å². The van der Waals surface area contributed by atoms with E-state index in [9.17, 15) is 9.59 Å². The summed E-state index contributed by atoms with van der Waals surface area (Å²) in [6.45, 7) is 0. The van der Waals surface area contributed by atoms with Crippen LogP contribution in [-0.2, 0) is 14.3 Å². The molecule has 5 heteroatoms. The molecule has 0 saturated carbocycles. The van der Waals surface area contributed by atoms with Crippen LogP contribution in [0.3, 0.4) is 0 Å². The van der Waals surface area contributed by atoms with E-state index in [0.29, 0.717) is 5.57 Å². The van der Waals surface area contributed by atoms with Crippen molar-refractivity contribution in [3.63, 3.8) is 0 Å². The zero-order valence-corrected chi connectivity index (χ0v) is 8.73. The van der Waals surface area contributed by atoms with Gasteiger partial charge in [0.2, 0.25) is 0 Å². The van der Waals surface area contributed by atoms with Crippen molar-refractivity contribution < 1.29 is 19.1 Å². The molecule has 2 heterocycles. The standard InChI is InChI=1S/C10H13NO4/c1-14-9(12)7-5-6-3-4-8(7)11(6)10(13)15-2/h5-6,8H,3-4H2,1-2H3/t6-,8+/m0/s1. The minimum Gasteiger partial charge on any atom is -0.466 e. The quantitative estimate of drug-likeness (QED) is 0.599. The third-order valence-corrected chi connectivity index (χ3v) is 2.97. The fraction of sp³-hybridized carbons (Fsp3) is 0.600.